The molecule has 0 amide bonds. The second kappa shape index (κ2) is 6.75. The third-order valence-corrected chi connectivity index (χ3v) is 3.91. The summed E-state index contributed by atoms with van der Waals surface area (Å²) in [5.74, 6) is -0.860. The van der Waals surface area contributed by atoms with Gasteiger partial charge in [0.25, 0.3) is 0 Å². The number of hydrogen-bond donors (Lipinski definition) is 1. The monoisotopic (exact) mass is 304 g/mol. The highest BCUT2D eigenvalue weighted by atomic mass is 19.4. The van der Waals surface area contributed by atoms with E-state index in [0.717, 1.165) is 38.5 Å². The van der Waals surface area contributed by atoms with Crippen LogP contribution in [0.15, 0.2) is 18.2 Å². The van der Waals surface area contributed by atoms with E-state index in [9.17, 15) is 17.6 Å². The van der Waals surface area contributed by atoms with Crippen LogP contribution >= 0.6 is 0 Å². The van der Waals surface area contributed by atoms with Gasteiger partial charge in [0.1, 0.15) is 5.82 Å². The van der Waals surface area contributed by atoms with Gasteiger partial charge in [0.15, 0.2) is 0 Å². The molecule has 118 valence electrons. The molecule has 2 rings (SSSR count). The van der Waals surface area contributed by atoms with E-state index in [1.165, 1.54) is 6.07 Å². The standard InChI is InChI=1S/C15H20F4N2/c1-2-21-7-3-4-13(10-21)20-9-11-5-6-12(16)8-14(11)15(17,18)19/h5-6,8,13,20H,2-4,7,9-10H2,1H3. The van der Waals surface area contributed by atoms with Crippen molar-refractivity contribution in [3.63, 3.8) is 0 Å². The molecule has 1 aliphatic heterocycles. The molecule has 1 N–H and O–H groups in total. The number of hydrogen-bond acceptors (Lipinski definition) is 2. The summed E-state index contributed by atoms with van der Waals surface area (Å²) in [6.45, 7) is 5.02. The van der Waals surface area contributed by atoms with Gasteiger partial charge in [-0.15, -0.1) is 0 Å². The highest BCUT2D eigenvalue weighted by Gasteiger charge is 2.33. The second-order valence-electron chi connectivity index (χ2n) is 5.41. The summed E-state index contributed by atoms with van der Waals surface area (Å²) in [6, 6.07) is 3.04. The lowest BCUT2D eigenvalue weighted by Gasteiger charge is -2.32. The molecule has 0 aromatic heterocycles. The number of rotatable bonds is 4. The molecule has 1 unspecified atom stereocenters. The molecule has 1 heterocycles. The number of likely N-dealkylation sites (N-methyl/N-ethyl adjacent to an activating group) is 1. The number of nitrogens with one attached hydrogen (secondary N) is 1. The van der Waals surface area contributed by atoms with Crippen LogP contribution in [0.2, 0.25) is 0 Å². The largest absolute Gasteiger partial charge is 0.416 e. The van der Waals surface area contributed by atoms with E-state index in [2.05, 4.69) is 17.1 Å². The fraction of sp³-hybridized carbons (Fsp3) is 0.600. The van der Waals surface area contributed by atoms with E-state index in [1.54, 1.807) is 0 Å². The highest BCUT2D eigenvalue weighted by Crippen LogP contribution is 2.32. The van der Waals surface area contributed by atoms with Crippen molar-refractivity contribution in [2.24, 2.45) is 0 Å². The van der Waals surface area contributed by atoms with Crippen LogP contribution < -0.4 is 5.32 Å². The Hall–Kier alpha value is -1.14. The van der Waals surface area contributed by atoms with Crippen molar-refractivity contribution < 1.29 is 17.6 Å². The molecule has 6 heteroatoms. The van der Waals surface area contributed by atoms with Crippen molar-refractivity contribution >= 4 is 0 Å². The minimum atomic E-state index is -4.53. The first kappa shape index (κ1) is 16.2. The summed E-state index contributed by atoms with van der Waals surface area (Å²) in [4.78, 5) is 2.27. The van der Waals surface area contributed by atoms with Gasteiger partial charge in [0.05, 0.1) is 5.56 Å². The zero-order valence-corrected chi connectivity index (χ0v) is 12.0. The first-order chi connectivity index (χ1) is 9.90. The molecular weight excluding hydrogens is 284 g/mol. The van der Waals surface area contributed by atoms with E-state index >= 15 is 0 Å². The Morgan fingerprint density at radius 2 is 2.10 bits per heavy atom. The molecule has 2 nitrogen and oxygen atoms in total. The van der Waals surface area contributed by atoms with Crippen LogP contribution in [0.5, 0.6) is 0 Å². The molecule has 1 saturated heterocycles. The molecule has 0 spiro atoms. The summed E-state index contributed by atoms with van der Waals surface area (Å²) < 4.78 is 51.8. The Morgan fingerprint density at radius 1 is 1.33 bits per heavy atom. The van der Waals surface area contributed by atoms with E-state index in [1.807, 2.05) is 0 Å². The van der Waals surface area contributed by atoms with E-state index < -0.39 is 17.6 Å². The maximum absolute atomic E-state index is 13.0. The lowest BCUT2D eigenvalue weighted by Crippen LogP contribution is -2.45. The highest BCUT2D eigenvalue weighted by molar-refractivity contribution is 5.30. The molecule has 21 heavy (non-hydrogen) atoms. The number of nitrogens with zero attached hydrogens (tertiary/aromatic N) is 1. The maximum atomic E-state index is 13.0. The molecule has 1 aromatic rings. The number of alkyl halides is 3. The molecule has 1 atom stereocenters. The van der Waals surface area contributed by atoms with Gasteiger partial charge in [-0.1, -0.05) is 13.0 Å². The number of benzene rings is 1. The van der Waals surface area contributed by atoms with Gasteiger partial charge in [0.2, 0.25) is 0 Å². The number of halogens is 4. The summed E-state index contributed by atoms with van der Waals surface area (Å²) in [5, 5.41) is 3.17. The van der Waals surface area contributed by atoms with Crippen LogP contribution in [0.25, 0.3) is 0 Å². The summed E-state index contributed by atoms with van der Waals surface area (Å²) in [6.07, 6.45) is -2.53. The van der Waals surface area contributed by atoms with Crippen molar-refractivity contribution in [3.8, 4) is 0 Å². The zero-order chi connectivity index (χ0) is 15.5. The summed E-state index contributed by atoms with van der Waals surface area (Å²) in [5.41, 5.74) is -0.796. The molecule has 0 radical (unpaired) electrons. The van der Waals surface area contributed by atoms with Crippen molar-refractivity contribution in [1.29, 1.82) is 0 Å². The van der Waals surface area contributed by atoms with Crippen LogP contribution in [-0.4, -0.2) is 30.6 Å². The van der Waals surface area contributed by atoms with E-state index in [0.29, 0.717) is 6.07 Å². The molecule has 1 fully saturated rings. The first-order valence-electron chi connectivity index (χ1n) is 7.21. The smallest absolute Gasteiger partial charge is 0.309 e. The fourth-order valence-electron chi connectivity index (χ4n) is 2.73. The molecule has 1 aliphatic rings. The molecule has 1 aromatic carbocycles. The molecular formula is C15H20F4N2. The molecule has 0 bridgehead atoms. The van der Waals surface area contributed by atoms with Crippen LogP contribution in [0.3, 0.4) is 0 Å². The normalized spacial score (nSPS) is 20.7. The lowest BCUT2D eigenvalue weighted by atomic mass is 10.0. The molecule has 0 saturated carbocycles. The lowest BCUT2D eigenvalue weighted by molar-refractivity contribution is -0.138. The third kappa shape index (κ3) is 4.41. The Morgan fingerprint density at radius 3 is 2.76 bits per heavy atom. The predicted octanol–water partition coefficient (Wildman–Crippen LogP) is 3.42. The average Bonchev–Trinajstić information content (AvgIpc) is 2.45. The van der Waals surface area contributed by atoms with Crippen LogP contribution in [-0.2, 0) is 12.7 Å². The van der Waals surface area contributed by atoms with E-state index in [4.69, 9.17) is 0 Å². The van der Waals surface area contributed by atoms with Crippen LogP contribution in [0, 0.1) is 5.82 Å². The summed E-state index contributed by atoms with van der Waals surface area (Å²) >= 11 is 0. The van der Waals surface area contributed by atoms with Gasteiger partial charge in [-0.25, -0.2) is 4.39 Å². The summed E-state index contributed by atoms with van der Waals surface area (Å²) in [7, 11) is 0. The number of piperidine rings is 1. The quantitative estimate of drug-likeness (QED) is 0.858. The Labute approximate surface area is 122 Å². The van der Waals surface area contributed by atoms with Crippen molar-refractivity contribution in [3.05, 3.63) is 35.1 Å². The Bertz CT molecular complexity index is 473. The second-order valence-corrected chi connectivity index (χ2v) is 5.41. The third-order valence-electron chi connectivity index (χ3n) is 3.91. The average molecular weight is 304 g/mol. The minimum absolute atomic E-state index is 0.0949. The van der Waals surface area contributed by atoms with Crippen molar-refractivity contribution in [1.82, 2.24) is 10.2 Å². The van der Waals surface area contributed by atoms with Gasteiger partial charge in [0, 0.05) is 19.1 Å². The number of likely N-dealkylation sites (tertiary alicyclic amines) is 1. The van der Waals surface area contributed by atoms with Gasteiger partial charge in [-0.2, -0.15) is 13.2 Å². The van der Waals surface area contributed by atoms with Crippen molar-refractivity contribution in [2.75, 3.05) is 19.6 Å². The predicted molar refractivity (Wildman–Crippen MR) is 73.4 cm³/mol. The van der Waals surface area contributed by atoms with Crippen LogP contribution in [0.1, 0.15) is 30.9 Å². The zero-order valence-electron chi connectivity index (χ0n) is 12.0. The fourth-order valence-corrected chi connectivity index (χ4v) is 2.73. The van der Waals surface area contributed by atoms with Crippen LogP contribution in [0.4, 0.5) is 17.6 Å². The van der Waals surface area contributed by atoms with Gasteiger partial charge in [-0.05, 0) is 43.6 Å². The Balaban J connectivity index is 2.03. The van der Waals surface area contributed by atoms with Crippen molar-refractivity contribution in [2.45, 2.75) is 38.5 Å². The first-order valence-corrected chi connectivity index (χ1v) is 7.21. The SMILES string of the molecule is CCN1CCCC(NCc2ccc(F)cc2C(F)(F)F)C1. The van der Waals surface area contributed by atoms with E-state index in [-0.39, 0.29) is 18.2 Å². The Kier molecular flexibility index (Phi) is 5.22. The topological polar surface area (TPSA) is 15.3 Å². The maximum Gasteiger partial charge on any atom is 0.416 e. The van der Waals surface area contributed by atoms with Gasteiger partial charge >= 0.3 is 6.18 Å². The molecule has 0 aliphatic carbocycles. The van der Waals surface area contributed by atoms with Gasteiger partial charge in [-0.3, -0.25) is 0 Å². The van der Waals surface area contributed by atoms with Gasteiger partial charge < -0.3 is 10.2 Å². The minimum Gasteiger partial charge on any atom is -0.309 e.